The van der Waals surface area contributed by atoms with E-state index in [0.29, 0.717) is 11.4 Å². The lowest BCUT2D eigenvalue weighted by molar-refractivity contribution is -0.384. The highest BCUT2D eigenvalue weighted by molar-refractivity contribution is 5.96. The zero-order valence-electron chi connectivity index (χ0n) is 14.5. The van der Waals surface area contributed by atoms with Crippen molar-refractivity contribution in [1.29, 1.82) is 0 Å². The fourth-order valence-electron chi connectivity index (χ4n) is 2.20. The van der Waals surface area contributed by atoms with Gasteiger partial charge in [0.05, 0.1) is 17.5 Å². The van der Waals surface area contributed by atoms with Crippen LogP contribution in [-0.4, -0.2) is 41.3 Å². The van der Waals surface area contributed by atoms with Gasteiger partial charge in [0.25, 0.3) is 5.69 Å². The molecule has 0 heterocycles. The highest BCUT2D eigenvalue weighted by Gasteiger charge is 2.20. The summed E-state index contributed by atoms with van der Waals surface area (Å²) in [6.45, 7) is 1.72. The quantitative estimate of drug-likeness (QED) is 0.586. The molecule has 136 valence electrons. The third-order valence-corrected chi connectivity index (χ3v) is 3.84. The first-order valence-electron chi connectivity index (χ1n) is 7.97. The maximum Gasteiger partial charge on any atom is 0.269 e. The Kier molecular flexibility index (Phi) is 6.40. The zero-order valence-corrected chi connectivity index (χ0v) is 14.5. The van der Waals surface area contributed by atoms with Crippen molar-refractivity contribution in [2.45, 2.75) is 13.0 Å². The Morgan fingerprint density at radius 3 is 2.19 bits per heavy atom. The summed E-state index contributed by atoms with van der Waals surface area (Å²) in [7, 11) is 1.67. The number of hydrogen-bond donors (Lipinski definition) is 2. The molecule has 0 radical (unpaired) electrons. The Hall–Kier alpha value is -3.26. The summed E-state index contributed by atoms with van der Waals surface area (Å²) >= 11 is 0. The summed E-state index contributed by atoms with van der Waals surface area (Å²) in [6, 6.07) is 14.0. The molecule has 0 aliphatic heterocycles. The number of carbonyl (C=O) groups is 2. The Bertz CT molecular complexity index is 778. The normalized spacial score (nSPS) is 11.7. The molecule has 2 amide bonds. The van der Waals surface area contributed by atoms with E-state index in [0.717, 1.165) is 0 Å². The van der Waals surface area contributed by atoms with Crippen LogP contribution in [0.1, 0.15) is 6.92 Å². The Labute approximate surface area is 151 Å². The first-order chi connectivity index (χ1) is 12.4. The molecule has 2 aromatic carbocycles. The third-order valence-electron chi connectivity index (χ3n) is 3.84. The van der Waals surface area contributed by atoms with Gasteiger partial charge in [-0.2, -0.15) is 0 Å². The van der Waals surface area contributed by atoms with Gasteiger partial charge >= 0.3 is 0 Å². The van der Waals surface area contributed by atoms with Gasteiger partial charge < -0.3 is 10.6 Å². The van der Waals surface area contributed by atoms with Crippen LogP contribution in [0.25, 0.3) is 0 Å². The predicted octanol–water partition coefficient (Wildman–Crippen LogP) is 2.49. The lowest BCUT2D eigenvalue weighted by Gasteiger charge is -2.23. The predicted molar refractivity (Wildman–Crippen MR) is 98.9 cm³/mol. The number of carbonyl (C=O) groups excluding carboxylic acids is 2. The number of rotatable bonds is 7. The van der Waals surface area contributed by atoms with Crippen LogP contribution in [0.15, 0.2) is 54.6 Å². The number of nitrogens with one attached hydrogen (secondary N) is 2. The van der Waals surface area contributed by atoms with Crippen molar-refractivity contribution in [3.05, 3.63) is 64.7 Å². The molecule has 0 aromatic heterocycles. The van der Waals surface area contributed by atoms with Crippen LogP contribution in [0, 0.1) is 10.1 Å². The second-order valence-corrected chi connectivity index (χ2v) is 5.80. The first kappa shape index (κ1) is 19.1. The number of nitrogens with zero attached hydrogens (tertiary/aromatic N) is 2. The van der Waals surface area contributed by atoms with Crippen LogP contribution in [0.5, 0.6) is 0 Å². The van der Waals surface area contributed by atoms with Gasteiger partial charge in [0.1, 0.15) is 0 Å². The van der Waals surface area contributed by atoms with Gasteiger partial charge in [-0.3, -0.25) is 24.6 Å². The molecule has 1 unspecified atom stereocenters. The number of likely N-dealkylation sites (N-methyl/N-ethyl adjacent to an activating group) is 1. The molecule has 0 saturated heterocycles. The Balaban J connectivity index is 1.88. The average Bonchev–Trinajstić information content (AvgIpc) is 2.62. The summed E-state index contributed by atoms with van der Waals surface area (Å²) in [5, 5.41) is 16.1. The molecule has 2 aromatic rings. The smallest absolute Gasteiger partial charge is 0.269 e. The van der Waals surface area contributed by atoms with Crippen LogP contribution >= 0.6 is 0 Å². The molecule has 8 heteroatoms. The maximum absolute atomic E-state index is 12.3. The number of amides is 2. The molecule has 2 N–H and O–H groups in total. The summed E-state index contributed by atoms with van der Waals surface area (Å²) in [4.78, 5) is 36.1. The van der Waals surface area contributed by atoms with Crippen molar-refractivity contribution in [1.82, 2.24) is 4.90 Å². The second-order valence-electron chi connectivity index (χ2n) is 5.80. The molecule has 8 nitrogen and oxygen atoms in total. The van der Waals surface area contributed by atoms with E-state index in [-0.39, 0.29) is 24.0 Å². The molecule has 0 aliphatic carbocycles. The lowest BCUT2D eigenvalue weighted by Crippen LogP contribution is -2.43. The monoisotopic (exact) mass is 356 g/mol. The Morgan fingerprint density at radius 2 is 1.62 bits per heavy atom. The van der Waals surface area contributed by atoms with E-state index in [1.165, 1.54) is 24.3 Å². The van der Waals surface area contributed by atoms with Crippen molar-refractivity contribution < 1.29 is 14.5 Å². The van der Waals surface area contributed by atoms with E-state index in [9.17, 15) is 19.7 Å². The van der Waals surface area contributed by atoms with Gasteiger partial charge in [0, 0.05) is 23.5 Å². The van der Waals surface area contributed by atoms with E-state index < -0.39 is 11.0 Å². The summed E-state index contributed by atoms with van der Waals surface area (Å²) < 4.78 is 0. The van der Waals surface area contributed by atoms with Crippen LogP contribution in [-0.2, 0) is 9.59 Å². The number of anilines is 2. The number of nitro benzene ring substituents is 1. The van der Waals surface area contributed by atoms with Gasteiger partial charge in [-0.05, 0) is 38.2 Å². The summed E-state index contributed by atoms with van der Waals surface area (Å²) in [6.07, 6.45) is 0. The molecular weight excluding hydrogens is 336 g/mol. The molecule has 0 fully saturated rings. The molecule has 0 saturated carbocycles. The number of nitro groups is 1. The van der Waals surface area contributed by atoms with E-state index in [1.54, 1.807) is 31.0 Å². The summed E-state index contributed by atoms with van der Waals surface area (Å²) in [5.74, 6) is -0.539. The molecule has 0 bridgehead atoms. The molecular formula is C18H20N4O4. The average molecular weight is 356 g/mol. The number of hydrogen-bond acceptors (Lipinski definition) is 5. The van der Waals surface area contributed by atoms with Gasteiger partial charge in [-0.1, -0.05) is 18.2 Å². The van der Waals surface area contributed by atoms with Crippen molar-refractivity contribution in [3.63, 3.8) is 0 Å². The zero-order chi connectivity index (χ0) is 19.1. The molecule has 0 aliphatic rings. The van der Waals surface area contributed by atoms with E-state index in [2.05, 4.69) is 10.6 Å². The highest BCUT2D eigenvalue weighted by Crippen LogP contribution is 2.16. The number of non-ortho nitro benzene ring substituents is 1. The van der Waals surface area contributed by atoms with Gasteiger partial charge in [-0.15, -0.1) is 0 Å². The number of para-hydroxylation sites is 1. The highest BCUT2D eigenvalue weighted by atomic mass is 16.6. The topological polar surface area (TPSA) is 105 Å². The maximum atomic E-state index is 12.3. The van der Waals surface area contributed by atoms with E-state index in [1.807, 2.05) is 18.2 Å². The van der Waals surface area contributed by atoms with E-state index >= 15 is 0 Å². The van der Waals surface area contributed by atoms with Gasteiger partial charge in [-0.25, -0.2) is 0 Å². The first-order valence-corrected chi connectivity index (χ1v) is 7.97. The molecule has 0 spiro atoms. The number of benzene rings is 2. The lowest BCUT2D eigenvalue weighted by atomic mass is 10.2. The van der Waals surface area contributed by atoms with E-state index in [4.69, 9.17) is 0 Å². The van der Waals surface area contributed by atoms with Crippen LogP contribution < -0.4 is 10.6 Å². The Morgan fingerprint density at radius 1 is 1.04 bits per heavy atom. The molecule has 26 heavy (non-hydrogen) atoms. The second kappa shape index (κ2) is 8.72. The van der Waals surface area contributed by atoms with Gasteiger partial charge in [0.15, 0.2) is 0 Å². The van der Waals surface area contributed by atoms with Crippen LogP contribution in [0.4, 0.5) is 17.1 Å². The van der Waals surface area contributed by atoms with Crippen molar-refractivity contribution in [2.75, 3.05) is 24.2 Å². The van der Waals surface area contributed by atoms with Crippen molar-refractivity contribution in [2.24, 2.45) is 0 Å². The minimum absolute atomic E-state index is 0.0454. The fraction of sp³-hybridized carbons (Fsp3) is 0.222. The third kappa shape index (κ3) is 5.38. The molecule has 1 atom stereocenters. The fourth-order valence-corrected chi connectivity index (χ4v) is 2.20. The van der Waals surface area contributed by atoms with Gasteiger partial charge in [0.2, 0.25) is 11.8 Å². The van der Waals surface area contributed by atoms with Crippen LogP contribution in [0.2, 0.25) is 0 Å². The van der Waals surface area contributed by atoms with Crippen molar-refractivity contribution >= 4 is 28.9 Å². The molecule has 2 rings (SSSR count). The van der Waals surface area contributed by atoms with Crippen molar-refractivity contribution in [3.8, 4) is 0 Å². The largest absolute Gasteiger partial charge is 0.325 e. The standard InChI is InChI=1S/C18H20N4O4/c1-13(18(24)20-15-8-10-16(11-9-15)22(25)26)21(2)12-17(23)19-14-6-4-3-5-7-14/h3-11,13H,12H2,1-2H3,(H,19,23)(H,20,24). The SMILES string of the molecule is CC(C(=O)Nc1ccc([N+](=O)[O-])cc1)N(C)CC(=O)Nc1ccccc1. The summed E-state index contributed by atoms with van der Waals surface area (Å²) in [5.41, 5.74) is 1.09. The minimum Gasteiger partial charge on any atom is -0.325 e. The van der Waals surface area contributed by atoms with Crippen LogP contribution in [0.3, 0.4) is 0 Å². The minimum atomic E-state index is -0.563.